The Bertz CT molecular complexity index is 434. The highest BCUT2D eigenvalue weighted by molar-refractivity contribution is 5.68. The van der Waals surface area contributed by atoms with Gasteiger partial charge in [-0.1, -0.05) is 12.1 Å². The fourth-order valence-corrected chi connectivity index (χ4v) is 1.30. The lowest BCUT2D eigenvalue weighted by molar-refractivity contribution is 0.0534. The highest BCUT2D eigenvalue weighted by atomic mass is 16.6. The lowest BCUT2D eigenvalue weighted by Gasteiger charge is -2.19. The number of hydrogen-bond acceptors (Lipinski definition) is 3. The Hall–Kier alpha value is -1.84. The van der Waals surface area contributed by atoms with Gasteiger partial charge in [-0.2, -0.15) is 0 Å². The summed E-state index contributed by atoms with van der Waals surface area (Å²) >= 11 is 0. The van der Waals surface area contributed by atoms with Crippen LogP contribution in [-0.2, 0) is 4.74 Å². The van der Waals surface area contributed by atoms with Gasteiger partial charge in [-0.15, -0.1) is 0 Å². The summed E-state index contributed by atoms with van der Waals surface area (Å²) in [5.74, 6) is 0. The third kappa shape index (κ3) is 5.48. The first-order valence-corrected chi connectivity index (χ1v) is 5.93. The van der Waals surface area contributed by atoms with Gasteiger partial charge in [0.05, 0.1) is 5.69 Å². The Morgan fingerprint density at radius 1 is 1.50 bits per heavy atom. The van der Waals surface area contributed by atoms with Gasteiger partial charge in [0.1, 0.15) is 5.60 Å². The highest BCUT2D eigenvalue weighted by Crippen LogP contribution is 2.06. The van der Waals surface area contributed by atoms with Gasteiger partial charge in [0, 0.05) is 12.7 Å². The molecule has 0 saturated carbocycles. The van der Waals surface area contributed by atoms with Crippen molar-refractivity contribution in [3.63, 3.8) is 0 Å². The van der Waals surface area contributed by atoms with Crippen LogP contribution < -0.4 is 5.32 Å². The van der Waals surface area contributed by atoms with E-state index in [0.29, 0.717) is 6.54 Å². The molecule has 0 aromatic carbocycles. The van der Waals surface area contributed by atoms with Crippen molar-refractivity contribution in [2.75, 3.05) is 6.54 Å². The molecule has 4 heteroatoms. The van der Waals surface area contributed by atoms with Crippen molar-refractivity contribution in [1.29, 1.82) is 0 Å². The second-order valence-electron chi connectivity index (χ2n) is 4.99. The molecule has 0 atom stereocenters. The van der Waals surface area contributed by atoms with Crippen LogP contribution in [0.2, 0.25) is 0 Å². The van der Waals surface area contributed by atoms with E-state index in [1.165, 1.54) is 0 Å². The monoisotopic (exact) mass is 248 g/mol. The van der Waals surface area contributed by atoms with Crippen molar-refractivity contribution >= 4 is 12.2 Å². The number of nitrogens with one attached hydrogen (secondary N) is 1. The number of rotatable bonds is 3. The molecule has 0 fully saturated rings. The van der Waals surface area contributed by atoms with E-state index in [4.69, 9.17) is 4.74 Å². The third-order valence-electron chi connectivity index (χ3n) is 2.09. The molecular weight excluding hydrogens is 228 g/mol. The number of carbonyl (C=O) groups excluding carboxylic acids is 1. The van der Waals surface area contributed by atoms with Gasteiger partial charge in [-0.3, -0.25) is 4.98 Å². The molecule has 0 radical (unpaired) electrons. The summed E-state index contributed by atoms with van der Waals surface area (Å²) in [5, 5.41) is 2.65. The summed E-state index contributed by atoms with van der Waals surface area (Å²) < 4.78 is 5.11. The maximum atomic E-state index is 11.4. The van der Waals surface area contributed by atoms with E-state index in [2.05, 4.69) is 10.3 Å². The van der Waals surface area contributed by atoms with Crippen LogP contribution in [0.15, 0.2) is 24.4 Å². The van der Waals surface area contributed by atoms with Crippen LogP contribution >= 0.6 is 0 Å². The van der Waals surface area contributed by atoms with Crippen molar-refractivity contribution in [2.24, 2.45) is 0 Å². The Balaban J connectivity index is 2.38. The van der Waals surface area contributed by atoms with Crippen molar-refractivity contribution in [2.45, 2.75) is 33.3 Å². The molecule has 0 aliphatic rings. The smallest absolute Gasteiger partial charge is 0.407 e. The van der Waals surface area contributed by atoms with E-state index in [1.54, 1.807) is 6.20 Å². The molecule has 0 bridgehead atoms. The van der Waals surface area contributed by atoms with Crippen LogP contribution in [0, 0.1) is 6.92 Å². The van der Waals surface area contributed by atoms with Crippen LogP contribution in [0.1, 0.15) is 32.0 Å². The summed E-state index contributed by atoms with van der Waals surface area (Å²) in [7, 11) is 0. The number of carbonyl (C=O) groups is 1. The predicted molar refractivity (Wildman–Crippen MR) is 72.2 cm³/mol. The molecule has 0 spiro atoms. The summed E-state index contributed by atoms with van der Waals surface area (Å²) in [6.45, 7) is 7.91. The summed E-state index contributed by atoms with van der Waals surface area (Å²) in [5.41, 5.74) is 1.54. The zero-order valence-electron chi connectivity index (χ0n) is 11.4. The highest BCUT2D eigenvalue weighted by Gasteiger charge is 2.14. The molecule has 1 amide bonds. The zero-order valence-corrected chi connectivity index (χ0v) is 11.4. The van der Waals surface area contributed by atoms with Gasteiger partial charge in [0.25, 0.3) is 0 Å². The Kier molecular flexibility index (Phi) is 4.89. The van der Waals surface area contributed by atoms with Crippen molar-refractivity contribution < 1.29 is 9.53 Å². The molecule has 0 unspecified atom stereocenters. The Labute approximate surface area is 108 Å². The summed E-state index contributed by atoms with van der Waals surface area (Å²) in [6.07, 6.45) is 5.06. The Morgan fingerprint density at radius 3 is 2.83 bits per heavy atom. The van der Waals surface area contributed by atoms with Crippen molar-refractivity contribution in [1.82, 2.24) is 10.3 Å². The second kappa shape index (κ2) is 6.19. The summed E-state index contributed by atoms with van der Waals surface area (Å²) in [6, 6.07) is 3.89. The molecule has 1 N–H and O–H groups in total. The molecule has 98 valence electrons. The fourth-order valence-electron chi connectivity index (χ4n) is 1.30. The van der Waals surface area contributed by atoms with Gasteiger partial charge in [-0.25, -0.2) is 4.79 Å². The van der Waals surface area contributed by atoms with Crippen LogP contribution in [0.4, 0.5) is 4.79 Å². The number of hydrogen-bond donors (Lipinski definition) is 1. The molecule has 0 saturated heterocycles. The Morgan fingerprint density at radius 2 is 2.22 bits per heavy atom. The van der Waals surface area contributed by atoms with Crippen molar-refractivity contribution in [3.05, 3.63) is 35.7 Å². The average molecular weight is 248 g/mol. The quantitative estimate of drug-likeness (QED) is 0.894. The van der Waals surface area contributed by atoms with Crippen LogP contribution in [0.25, 0.3) is 6.08 Å². The molecule has 18 heavy (non-hydrogen) atoms. The first-order chi connectivity index (χ1) is 8.38. The standard InChI is InChI=1S/C14H20N2O2/c1-11-7-5-9-15-12(11)8-6-10-16-13(17)18-14(2,3)4/h5-9H,10H2,1-4H3,(H,16,17). The first kappa shape index (κ1) is 14.2. The maximum absolute atomic E-state index is 11.4. The first-order valence-electron chi connectivity index (χ1n) is 5.93. The minimum atomic E-state index is -0.467. The van der Waals surface area contributed by atoms with E-state index in [-0.39, 0.29) is 0 Å². The largest absolute Gasteiger partial charge is 0.444 e. The van der Waals surface area contributed by atoms with Crippen LogP contribution in [-0.4, -0.2) is 23.2 Å². The number of amides is 1. The summed E-state index contributed by atoms with van der Waals surface area (Å²) in [4.78, 5) is 15.6. The SMILES string of the molecule is Cc1cccnc1C=CCNC(=O)OC(C)(C)C. The van der Waals surface area contributed by atoms with Gasteiger partial charge < -0.3 is 10.1 Å². The van der Waals surface area contributed by atoms with Crippen molar-refractivity contribution in [3.8, 4) is 0 Å². The second-order valence-corrected chi connectivity index (χ2v) is 4.99. The van der Waals surface area contributed by atoms with Crippen LogP contribution in [0.3, 0.4) is 0 Å². The lowest BCUT2D eigenvalue weighted by Crippen LogP contribution is -2.32. The third-order valence-corrected chi connectivity index (χ3v) is 2.09. The fraction of sp³-hybridized carbons (Fsp3) is 0.429. The predicted octanol–water partition coefficient (Wildman–Crippen LogP) is 2.93. The van der Waals surface area contributed by atoms with Gasteiger partial charge in [0.15, 0.2) is 0 Å². The topological polar surface area (TPSA) is 51.2 Å². The number of alkyl carbamates (subject to hydrolysis) is 1. The van der Waals surface area contributed by atoms with E-state index in [0.717, 1.165) is 11.3 Å². The zero-order chi connectivity index (χ0) is 13.6. The van der Waals surface area contributed by atoms with E-state index >= 15 is 0 Å². The average Bonchev–Trinajstić information content (AvgIpc) is 2.24. The van der Waals surface area contributed by atoms with E-state index in [1.807, 2.05) is 52.0 Å². The molecule has 1 aromatic heterocycles. The molecule has 1 heterocycles. The minimum absolute atomic E-state index is 0.412. The molecule has 0 aliphatic heterocycles. The molecule has 1 aromatic rings. The number of aromatic nitrogens is 1. The normalized spacial score (nSPS) is 11.6. The number of pyridine rings is 1. The number of nitrogens with zero attached hydrogens (tertiary/aromatic N) is 1. The van der Waals surface area contributed by atoms with E-state index < -0.39 is 11.7 Å². The molecule has 4 nitrogen and oxygen atoms in total. The lowest BCUT2D eigenvalue weighted by atomic mass is 10.2. The van der Waals surface area contributed by atoms with Gasteiger partial charge >= 0.3 is 6.09 Å². The number of ether oxygens (including phenoxy) is 1. The minimum Gasteiger partial charge on any atom is -0.444 e. The van der Waals surface area contributed by atoms with E-state index in [9.17, 15) is 4.79 Å². The molecule has 0 aliphatic carbocycles. The maximum Gasteiger partial charge on any atom is 0.407 e. The molecule has 1 rings (SSSR count). The van der Waals surface area contributed by atoms with Gasteiger partial charge in [-0.05, 0) is 45.4 Å². The molecular formula is C14H20N2O2. The number of aryl methyl sites for hydroxylation is 1. The van der Waals surface area contributed by atoms with Gasteiger partial charge in [0.2, 0.25) is 0 Å². The van der Waals surface area contributed by atoms with Crippen LogP contribution in [0.5, 0.6) is 0 Å².